The molecule has 3 rings (SSSR count). The summed E-state index contributed by atoms with van der Waals surface area (Å²) in [6, 6.07) is 11.3. The number of benzene rings is 2. The van der Waals surface area contributed by atoms with E-state index < -0.39 is 18.1 Å². The molecular weight excluding hydrogens is 399 g/mol. The van der Waals surface area contributed by atoms with Crippen molar-refractivity contribution in [2.45, 2.75) is 32.4 Å². The van der Waals surface area contributed by atoms with Gasteiger partial charge in [0.15, 0.2) is 0 Å². The Bertz CT molecular complexity index is 901. The Kier molecular flexibility index (Phi) is 6.28. The van der Waals surface area contributed by atoms with E-state index in [1.54, 1.807) is 17.0 Å². The van der Waals surface area contributed by atoms with Crippen molar-refractivity contribution in [3.63, 3.8) is 0 Å². The lowest BCUT2D eigenvalue weighted by Gasteiger charge is -2.27. The summed E-state index contributed by atoms with van der Waals surface area (Å²) in [6.07, 6.45) is -0.323. The van der Waals surface area contributed by atoms with E-state index in [1.165, 1.54) is 0 Å². The Morgan fingerprint density at radius 1 is 1.18 bits per heavy atom. The van der Waals surface area contributed by atoms with Gasteiger partial charge in [0, 0.05) is 22.3 Å². The Balaban J connectivity index is 2.20. The summed E-state index contributed by atoms with van der Waals surface area (Å²) in [5.74, 6) is -1.11. The second-order valence-corrected chi connectivity index (χ2v) is 8.16. The second-order valence-electron chi connectivity index (χ2n) is 7.32. The van der Waals surface area contributed by atoms with E-state index in [4.69, 9.17) is 23.2 Å². The minimum absolute atomic E-state index is 0.204. The van der Waals surface area contributed by atoms with Crippen molar-refractivity contribution in [2.75, 3.05) is 11.4 Å². The van der Waals surface area contributed by atoms with Gasteiger partial charge in [-0.05, 0) is 41.3 Å². The van der Waals surface area contributed by atoms with Gasteiger partial charge in [-0.3, -0.25) is 14.9 Å². The van der Waals surface area contributed by atoms with Crippen LogP contribution in [0.5, 0.6) is 0 Å². The van der Waals surface area contributed by atoms with Crippen molar-refractivity contribution in [3.8, 4) is 0 Å². The minimum atomic E-state index is -1.04. The number of rotatable bonds is 5. The van der Waals surface area contributed by atoms with Crippen LogP contribution in [0.25, 0.3) is 0 Å². The van der Waals surface area contributed by atoms with Crippen LogP contribution in [0, 0.1) is 5.92 Å². The average Bonchev–Trinajstić information content (AvgIpc) is 2.72. The Labute approximate surface area is 174 Å². The number of carboxylic acid groups (broad SMARTS) is 1. The number of anilines is 1. The van der Waals surface area contributed by atoms with E-state index in [2.05, 4.69) is 5.32 Å². The van der Waals surface area contributed by atoms with Crippen molar-refractivity contribution in [3.05, 3.63) is 63.6 Å². The number of carbonyl (C=O) groups is 2. The zero-order chi connectivity index (χ0) is 20.4. The van der Waals surface area contributed by atoms with Crippen LogP contribution in [0.3, 0.4) is 0 Å². The molecule has 1 heterocycles. The molecule has 7 heteroatoms. The molecule has 2 aromatic carbocycles. The van der Waals surface area contributed by atoms with Crippen LogP contribution in [-0.2, 0) is 9.59 Å². The zero-order valence-corrected chi connectivity index (χ0v) is 17.2. The molecule has 2 atom stereocenters. The van der Waals surface area contributed by atoms with Crippen LogP contribution >= 0.6 is 23.2 Å². The molecule has 2 N–H and O–H groups in total. The highest BCUT2D eigenvalue weighted by Crippen LogP contribution is 2.39. The van der Waals surface area contributed by atoms with Crippen LogP contribution in [0.1, 0.15) is 37.4 Å². The van der Waals surface area contributed by atoms with Crippen molar-refractivity contribution in [1.82, 2.24) is 5.32 Å². The third-order valence-electron chi connectivity index (χ3n) is 4.67. The molecule has 0 saturated carbocycles. The number of halogens is 2. The number of carboxylic acids is 1. The number of nitrogens with one attached hydrogen (secondary N) is 1. The third kappa shape index (κ3) is 4.32. The maximum atomic E-state index is 13.3. The Morgan fingerprint density at radius 3 is 2.54 bits per heavy atom. The van der Waals surface area contributed by atoms with Gasteiger partial charge in [-0.15, -0.1) is 0 Å². The van der Waals surface area contributed by atoms with Crippen molar-refractivity contribution < 1.29 is 14.7 Å². The van der Waals surface area contributed by atoms with E-state index in [-0.39, 0.29) is 18.2 Å². The number of carbonyl (C=O) groups excluding carboxylic acids is 1. The van der Waals surface area contributed by atoms with E-state index in [1.807, 2.05) is 44.2 Å². The fraction of sp³-hybridized carbons (Fsp3) is 0.333. The van der Waals surface area contributed by atoms with Crippen LogP contribution in [0.15, 0.2) is 42.5 Å². The van der Waals surface area contributed by atoms with Crippen LogP contribution in [-0.4, -0.2) is 29.6 Å². The summed E-state index contributed by atoms with van der Waals surface area (Å²) in [6.45, 7) is 4.50. The van der Waals surface area contributed by atoms with Gasteiger partial charge in [0.25, 0.3) is 0 Å². The third-order valence-corrected chi connectivity index (χ3v) is 5.25. The summed E-state index contributed by atoms with van der Waals surface area (Å²) in [7, 11) is 0. The molecule has 2 unspecified atom stereocenters. The lowest BCUT2D eigenvalue weighted by Crippen LogP contribution is -2.47. The highest BCUT2D eigenvalue weighted by molar-refractivity contribution is 6.31. The Hall–Kier alpha value is -2.08. The topological polar surface area (TPSA) is 69.6 Å². The average molecular weight is 421 g/mol. The fourth-order valence-corrected chi connectivity index (χ4v) is 3.94. The molecule has 1 aliphatic heterocycles. The van der Waals surface area contributed by atoms with Crippen molar-refractivity contribution in [1.29, 1.82) is 0 Å². The highest BCUT2D eigenvalue weighted by Gasteiger charge is 2.37. The first-order valence-corrected chi connectivity index (χ1v) is 9.86. The van der Waals surface area contributed by atoms with Crippen LogP contribution < -0.4 is 10.2 Å². The summed E-state index contributed by atoms with van der Waals surface area (Å²) in [4.78, 5) is 26.4. The van der Waals surface area contributed by atoms with Gasteiger partial charge in [-0.25, -0.2) is 0 Å². The van der Waals surface area contributed by atoms with Crippen LogP contribution in [0.4, 0.5) is 5.69 Å². The molecule has 28 heavy (non-hydrogen) atoms. The molecule has 2 aromatic rings. The molecule has 0 saturated heterocycles. The van der Waals surface area contributed by atoms with Gasteiger partial charge in [-0.2, -0.15) is 0 Å². The molecule has 0 radical (unpaired) electrons. The number of hydrogen-bond acceptors (Lipinski definition) is 3. The number of fused-ring (bicyclic) bond motifs is 1. The molecule has 1 aliphatic rings. The van der Waals surface area contributed by atoms with Gasteiger partial charge in [-0.1, -0.05) is 55.2 Å². The number of aliphatic carboxylic acids is 1. The van der Waals surface area contributed by atoms with Gasteiger partial charge < -0.3 is 10.0 Å². The summed E-state index contributed by atoms with van der Waals surface area (Å²) >= 11 is 12.7. The lowest BCUT2D eigenvalue weighted by molar-refractivity contribution is -0.139. The first-order chi connectivity index (χ1) is 13.3. The molecular formula is C21H22Cl2N2O3. The van der Waals surface area contributed by atoms with E-state index in [0.29, 0.717) is 22.3 Å². The van der Waals surface area contributed by atoms with Crippen LogP contribution in [0.2, 0.25) is 10.0 Å². The number of hydrogen-bond donors (Lipinski definition) is 2. The summed E-state index contributed by atoms with van der Waals surface area (Å²) < 4.78 is 0. The monoisotopic (exact) mass is 420 g/mol. The standard InChI is InChI=1S/C21H22Cl2N2O3/c1-12(2)11-25-18-8-7-13(22)9-15(18)20(14-5-3-4-6-16(14)23)24-17(21(25)28)10-19(26)27/h3-9,12,17,20,24H,10-11H2,1-2H3,(H,26,27). The van der Waals surface area contributed by atoms with Crippen molar-refractivity contribution in [2.24, 2.45) is 5.92 Å². The maximum absolute atomic E-state index is 13.3. The van der Waals surface area contributed by atoms with E-state index >= 15 is 0 Å². The Morgan fingerprint density at radius 2 is 1.89 bits per heavy atom. The first-order valence-electron chi connectivity index (χ1n) is 9.11. The van der Waals surface area contributed by atoms with Gasteiger partial charge >= 0.3 is 5.97 Å². The summed E-state index contributed by atoms with van der Waals surface area (Å²) in [5.41, 5.74) is 2.28. The molecule has 1 amide bonds. The predicted octanol–water partition coefficient (Wildman–Crippen LogP) is 4.52. The maximum Gasteiger partial charge on any atom is 0.305 e. The molecule has 0 aliphatic carbocycles. The molecule has 0 bridgehead atoms. The lowest BCUT2D eigenvalue weighted by atomic mass is 9.96. The fourth-order valence-electron chi connectivity index (χ4n) is 3.51. The molecule has 0 fully saturated rings. The quantitative estimate of drug-likeness (QED) is 0.745. The number of amides is 1. The second kappa shape index (κ2) is 8.52. The zero-order valence-electron chi connectivity index (χ0n) is 15.7. The minimum Gasteiger partial charge on any atom is -0.481 e. The largest absolute Gasteiger partial charge is 0.481 e. The van der Waals surface area contributed by atoms with E-state index in [9.17, 15) is 14.7 Å². The summed E-state index contributed by atoms with van der Waals surface area (Å²) in [5, 5.41) is 13.6. The normalized spacial score (nSPS) is 19.5. The first kappa shape index (κ1) is 20.6. The van der Waals surface area contributed by atoms with Gasteiger partial charge in [0.05, 0.1) is 18.5 Å². The predicted molar refractivity (Wildman–Crippen MR) is 111 cm³/mol. The van der Waals surface area contributed by atoms with E-state index in [0.717, 1.165) is 11.1 Å². The SMILES string of the molecule is CC(C)CN1C(=O)C(CC(=O)O)NC(c2ccccc2Cl)c2cc(Cl)ccc21. The molecule has 0 spiro atoms. The van der Waals surface area contributed by atoms with Crippen molar-refractivity contribution >= 4 is 40.8 Å². The smallest absolute Gasteiger partial charge is 0.305 e. The molecule has 0 aromatic heterocycles. The molecule has 148 valence electrons. The number of nitrogens with zero attached hydrogens (tertiary/aromatic N) is 1. The van der Waals surface area contributed by atoms with Gasteiger partial charge in [0.2, 0.25) is 5.91 Å². The highest BCUT2D eigenvalue weighted by atomic mass is 35.5. The molecule has 5 nitrogen and oxygen atoms in total. The van der Waals surface area contributed by atoms with Gasteiger partial charge in [0.1, 0.15) is 0 Å².